The van der Waals surface area contributed by atoms with Gasteiger partial charge in [0.15, 0.2) is 0 Å². The van der Waals surface area contributed by atoms with Crippen LogP contribution in [0.15, 0.2) is 64.6 Å². The molecule has 1 N–H and O–H groups in total. The van der Waals surface area contributed by atoms with Crippen molar-refractivity contribution < 1.29 is 8.42 Å². The van der Waals surface area contributed by atoms with Gasteiger partial charge in [-0.15, -0.1) is 0 Å². The summed E-state index contributed by atoms with van der Waals surface area (Å²) in [5.74, 6) is 0.527. The number of nitrogens with zero attached hydrogens (tertiary/aromatic N) is 1. The SMILES string of the molecule is Cc1ccc(S(=O)(=O)N/N=C2\CCCC(Cc3ccccc3)C2)cc1. The Morgan fingerprint density at radius 2 is 1.80 bits per heavy atom. The van der Waals surface area contributed by atoms with Gasteiger partial charge in [-0.3, -0.25) is 0 Å². The summed E-state index contributed by atoms with van der Waals surface area (Å²) in [5, 5.41) is 4.22. The van der Waals surface area contributed by atoms with Crippen molar-refractivity contribution in [3.63, 3.8) is 0 Å². The van der Waals surface area contributed by atoms with Gasteiger partial charge in [0.2, 0.25) is 0 Å². The van der Waals surface area contributed by atoms with Crippen LogP contribution in [0.2, 0.25) is 0 Å². The van der Waals surface area contributed by atoms with Gasteiger partial charge in [0.25, 0.3) is 10.0 Å². The zero-order valence-electron chi connectivity index (χ0n) is 14.5. The van der Waals surface area contributed by atoms with Gasteiger partial charge >= 0.3 is 0 Å². The van der Waals surface area contributed by atoms with Gasteiger partial charge in [-0.05, 0) is 62.6 Å². The molecule has 0 bridgehead atoms. The Balaban J connectivity index is 1.63. The molecule has 0 spiro atoms. The number of sulfonamides is 1. The Bertz CT molecular complexity index is 828. The number of hydrogen-bond donors (Lipinski definition) is 1. The number of nitrogens with one attached hydrogen (secondary N) is 1. The fraction of sp³-hybridized carbons (Fsp3) is 0.350. The van der Waals surface area contributed by atoms with Crippen LogP contribution in [0.25, 0.3) is 0 Å². The molecule has 132 valence electrons. The molecule has 0 aliphatic heterocycles. The lowest BCUT2D eigenvalue weighted by Gasteiger charge is -2.23. The summed E-state index contributed by atoms with van der Waals surface area (Å²) in [5.41, 5.74) is 3.30. The molecule has 1 fully saturated rings. The number of benzene rings is 2. The molecule has 5 heteroatoms. The molecule has 1 saturated carbocycles. The third kappa shape index (κ3) is 4.92. The number of hydrogen-bond acceptors (Lipinski definition) is 3. The Morgan fingerprint density at radius 1 is 1.08 bits per heavy atom. The molecule has 1 aliphatic rings. The highest BCUT2D eigenvalue weighted by atomic mass is 32.2. The van der Waals surface area contributed by atoms with Crippen LogP contribution in [0.3, 0.4) is 0 Å². The second-order valence-electron chi connectivity index (χ2n) is 6.74. The Morgan fingerprint density at radius 3 is 2.52 bits per heavy atom. The molecule has 0 saturated heterocycles. The van der Waals surface area contributed by atoms with Crippen LogP contribution in [0, 0.1) is 12.8 Å². The van der Waals surface area contributed by atoms with Crippen LogP contribution in [0.4, 0.5) is 0 Å². The summed E-state index contributed by atoms with van der Waals surface area (Å²) in [6.07, 6.45) is 4.96. The molecule has 3 rings (SSSR count). The maximum absolute atomic E-state index is 12.3. The molecular weight excluding hydrogens is 332 g/mol. The molecule has 2 aromatic carbocycles. The van der Waals surface area contributed by atoms with Crippen molar-refractivity contribution in [3.05, 3.63) is 65.7 Å². The molecule has 4 nitrogen and oxygen atoms in total. The fourth-order valence-electron chi connectivity index (χ4n) is 3.25. The van der Waals surface area contributed by atoms with Crippen LogP contribution in [-0.4, -0.2) is 14.1 Å². The van der Waals surface area contributed by atoms with Crippen molar-refractivity contribution in [1.29, 1.82) is 0 Å². The fourth-order valence-corrected chi connectivity index (χ4v) is 4.10. The molecule has 1 unspecified atom stereocenters. The van der Waals surface area contributed by atoms with Crippen LogP contribution in [-0.2, 0) is 16.4 Å². The second-order valence-corrected chi connectivity index (χ2v) is 8.40. The molecule has 0 heterocycles. The minimum Gasteiger partial charge on any atom is -0.200 e. The largest absolute Gasteiger partial charge is 0.276 e. The maximum Gasteiger partial charge on any atom is 0.276 e. The topological polar surface area (TPSA) is 58.5 Å². The third-order valence-electron chi connectivity index (χ3n) is 4.62. The van der Waals surface area contributed by atoms with E-state index in [2.05, 4.69) is 34.2 Å². The Labute approximate surface area is 150 Å². The highest BCUT2D eigenvalue weighted by Crippen LogP contribution is 2.25. The summed E-state index contributed by atoms with van der Waals surface area (Å²) in [4.78, 5) is 2.66. The zero-order valence-corrected chi connectivity index (χ0v) is 15.3. The molecule has 1 aliphatic carbocycles. The van der Waals surface area contributed by atoms with E-state index in [1.807, 2.05) is 13.0 Å². The Hall–Kier alpha value is -2.14. The van der Waals surface area contributed by atoms with Crippen molar-refractivity contribution >= 4 is 15.7 Å². The minimum absolute atomic E-state index is 0.249. The normalized spacial score (nSPS) is 19.7. The highest BCUT2D eigenvalue weighted by molar-refractivity contribution is 7.89. The highest BCUT2D eigenvalue weighted by Gasteiger charge is 2.20. The van der Waals surface area contributed by atoms with E-state index in [1.54, 1.807) is 24.3 Å². The van der Waals surface area contributed by atoms with Gasteiger partial charge in [-0.2, -0.15) is 13.5 Å². The number of hydrazone groups is 1. The second kappa shape index (κ2) is 7.83. The number of rotatable bonds is 5. The van der Waals surface area contributed by atoms with E-state index in [-0.39, 0.29) is 4.90 Å². The lowest BCUT2D eigenvalue weighted by Crippen LogP contribution is -2.23. The van der Waals surface area contributed by atoms with Gasteiger partial charge in [0.1, 0.15) is 0 Å². The summed E-state index contributed by atoms with van der Waals surface area (Å²) in [6.45, 7) is 1.93. The van der Waals surface area contributed by atoms with Gasteiger partial charge in [0.05, 0.1) is 4.90 Å². The summed E-state index contributed by atoms with van der Waals surface area (Å²) in [6, 6.07) is 17.2. The first-order valence-corrected chi connectivity index (χ1v) is 10.2. The van der Waals surface area contributed by atoms with Gasteiger partial charge in [-0.25, -0.2) is 4.83 Å². The van der Waals surface area contributed by atoms with Crippen molar-refractivity contribution in [2.24, 2.45) is 11.0 Å². The van der Waals surface area contributed by atoms with Crippen molar-refractivity contribution in [2.45, 2.75) is 43.9 Å². The number of aryl methyl sites for hydroxylation is 1. The smallest absolute Gasteiger partial charge is 0.200 e. The first-order chi connectivity index (χ1) is 12.0. The zero-order chi connectivity index (χ0) is 17.7. The summed E-state index contributed by atoms with van der Waals surface area (Å²) >= 11 is 0. The van der Waals surface area contributed by atoms with E-state index in [0.717, 1.165) is 37.0 Å². The van der Waals surface area contributed by atoms with Crippen molar-refractivity contribution in [3.8, 4) is 0 Å². The van der Waals surface area contributed by atoms with E-state index >= 15 is 0 Å². The molecule has 0 amide bonds. The van der Waals surface area contributed by atoms with E-state index < -0.39 is 10.0 Å². The average molecular weight is 356 g/mol. The first kappa shape index (κ1) is 17.7. The molecule has 1 atom stereocenters. The monoisotopic (exact) mass is 356 g/mol. The van der Waals surface area contributed by atoms with Gasteiger partial charge in [-0.1, -0.05) is 48.0 Å². The lowest BCUT2D eigenvalue weighted by atomic mass is 9.84. The molecule has 0 radical (unpaired) electrons. The van der Waals surface area contributed by atoms with Crippen LogP contribution in [0.1, 0.15) is 36.8 Å². The molecular formula is C20H24N2O2S. The Kier molecular flexibility index (Phi) is 5.53. The first-order valence-electron chi connectivity index (χ1n) is 8.71. The van der Waals surface area contributed by atoms with E-state index in [9.17, 15) is 8.42 Å². The average Bonchev–Trinajstić information content (AvgIpc) is 2.62. The van der Waals surface area contributed by atoms with E-state index in [4.69, 9.17) is 0 Å². The molecule has 2 aromatic rings. The lowest BCUT2D eigenvalue weighted by molar-refractivity contribution is 0.456. The van der Waals surface area contributed by atoms with Crippen LogP contribution in [0.5, 0.6) is 0 Å². The standard InChI is InChI=1S/C20H24N2O2S/c1-16-10-12-20(13-11-16)25(23,24)22-21-19-9-5-8-18(15-19)14-17-6-3-2-4-7-17/h2-4,6-7,10-13,18,22H,5,8-9,14-15H2,1H3/b21-19+. The summed E-state index contributed by atoms with van der Waals surface area (Å²) < 4.78 is 24.7. The maximum atomic E-state index is 12.3. The predicted molar refractivity (Wildman–Crippen MR) is 101 cm³/mol. The predicted octanol–water partition coefficient (Wildman–Crippen LogP) is 4.06. The third-order valence-corrected chi connectivity index (χ3v) is 5.85. The van der Waals surface area contributed by atoms with Crippen molar-refractivity contribution in [2.75, 3.05) is 0 Å². The molecule has 25 heavy (non-hydrogen) atoms. The minimum atomic E-state index is -3.59. The van der Waals surface area contributed by atoms with Crippen LogP contribution < -0.4 is 4.83 Å². The van der Waals surface area contributed by atoms with Gasteiger partial charge in [0, 0.05) is 5.71 Å². The quantitative estimate of drug-likeness (QED) is 0.821. The van der Waals surface area contributed by atoms with E-state index in [1.165, 1.54) is 12.0 Å². The van der Waals surface area contributed by atoms with E-state index in [0.29, 0.717) is 5.92 Å². The molecule has 0 aromatic heterocycles. The van der Waals surface area contributed by atoms with Crippen LogP contribution >= 0.6 is 0 Å². The van der Waals surface area contributed by atoms with Gasteiger partial charge < -0.3 is 0 Å². The summed E-state index contributed by atoms with van der Waals surface area (Å²) in [7, 11) is -3.59. The van der Waals surface area contributed by atoms with Crippen molar-refractivity contribution in [1.82, 2.24) is 4.83 Å².